The number of carbonyl (C=O) groups is 2. The number of rotatable bonds is 7. The lowest BCUT2D eigenvalue weighted by molar-refractivity contribution is -0.117. The third-order valence-corrected chi connectivity index (χ3v) is 5.26. The Hall–Kier alpha value is -2.85. The van der Waals surface area contributed by atoms with Gasteiger partial charge >= 0.3 is 6.03 Å². The quantitative estimate of drug-likeness (QED) is 0.519. The minimum absolute atomic E-state index is 0.0628. The van der Waals surface area contributed by atoms with E-state index < -0.39 is 11.9 Å². The lowest BCUT2D eigenvalue weighted by Gasteiger charge is -2.04. The second kappa shape index (κ2) is 9.19. The highest BCUT2D eigenvalue weighted by Crippen LogP contribution is 2.27. The van der Waals surface area contributed by atoms with Gasteiger partial charge in [0.2, 0.25) is 11.0 Å². The van der Waals surface area contributed by atoms with E-state index >= 15 is 0 Å². The monoisotopic (exact) mass is 403 g/mol. The number of imide groups is 1. The molecule has 0 saturated carbocycles. The van der Waals surface area contributed by atoms with Gasteiger partial charge < -0.3 is 15.1 Å². The topological polar surface area (TPSA) is 109 Å². The van der Waals surface area contributed by atoms with Gasteiger partial charge in [-0.25, -0.2) is 4.79 Å². The maximum atomic E-state index is 11.8. The first-order valence-electron chi connectivity index (χ1n) is 7.98. The van der Waals surface area contributed by atoms with E-state index in [1.807, 2.05) is 31.2 Å². The van der Waals surface area contributed by atoms with Gasteiger partial charge in [-0.3, -0.25) is 10.1 Å². The molecule has 0 spiro atoms. The predicted molar refractivity (Wildman–Crippen MR) is 104 cm³/mol. The van der Waals surface area contributed by atoms with Gasteiger partial charge in [0.15, 0.2) is 4.34 Å². The smallest absolute Gasteiger partial charge is 0.321 e. The van der Waals surface area contributed by atoms with Crippen LogP contribution in [-0.2, 0) is 11.3 Å². The molecule has 2 aromatic heterocycles. The standard InChI is InChI=1S/C17H17N5O3S2/c1-11-4-6-12(7-5-11)19-16-21-22-17(27-16)26-10-14(23)20-15(24)18-9-13-3-2-8-25-13/h2-8H,9-10H2,1H3,(H,19,21)(H2,18,20,23,24). The number of hydrogen-bond acceptors (Lipinski definition) is 8. The SMILES string of the molecule is Cc1ccc(Nc2nnc(SCC(=O)NC(=O)NCc3ccco3)s2)cc1. The Bertz CT molecular complexity index is 894. The number of aromatic nitrogens is 2. The first-order valence-corrected chi connectivity index (χ1v) is 9.79. The van der Waals surface area contributed by atoms with Gasteiger partial charge in [-0.05, 0) is 31.2 Å². The van der Waals surface area contributed by atoms with E-state index in [1.54, 1.807) is 12.1 Å². The number of amides is 3. The Kier molecular flexibility index (Phi) is 6.44. The second-order valence-corrected chi connectivity index (χ2v) is 7.66. The van der Waals surface area contributed by atoms with Gasteiger partial charge in [-0.2, -0.15) is 0 Å². The Morgan fingerprint density at radius 1 is 1.19 bits per heavy atom. The lowest BCUT2D eigenvalue weighted by Crippen LogP contribution is -2.39. The van der Waals surface area contributed by atoms with Crippen molar-refractivity contribution in [2.75, 3.05) is 11.1 Å². The molecular weight excluding hydrogens is 386 g/mol. The molecule has 3 N–H and O–H groups in total. The Morgan fingerprint density at radius 3 is 2.74 bits per heavy atom. The summed E-state index contributed by atoms with van der Waals surface area (Å²) in [7, 11) is 0. The maximum Gasteiger partial charge on any atom is 0.321 e. The van der Waals surface area contributed by atoms with E-state index in [0.29, 0.717) is 15.2 Å². The zero-order valence-electron chi connectivity index (χ0n) is 14.4. The van der Waals surface area contributed by atoms with Crippen LogP contribution in [0, 0.1) is 6.92 Å². The third-order valence-electron chi connectivity index (χ3n) is 3.29. The van der Waals surface area contributed by atoms with Crippen molar-refractivity contribution in [3.63, 3.8) is 0 Å². The molecule has 3 amide bonds. The van der Waals surface area contributed by atoms with Crippen LogP contribution in [0.25, 0.3) is 0 Å². The molecule has 3 aromatic rings. The van der Waals surface area contributed by atoms with Crippen LogP contribution in [0.3, 0.4) is 0 Å². The molecule has 0 atom stereocenters. The minimum Gasteiger partial charge on any atom is -0.467 e. The summed E-state index contributed by atoms with van der Waals surface area (Å²) in [5, 5.41) is 16.7. The van der Waals surface area contributed by atoms with E-state index in [1.165, 1.54) is 34.9 Å². The van der Waals surface area contributed by atoms with Crippen LogP contribution in [0.15, 0.2) is 51.4 Å². The van der Waals surface area contributed by atoms with E-state index in [4.69, 9.17) is 4.42 Å². The zero-order chi connectivity index (χ0) is 19.1. The van der Waals surface area contributed by atoms with Crippen molar-refractivity contribution in [3.8, 4) is 0 Å². The summed E-state index contributed by atoms with van der Waals surface area (Å²) in [6.45, 7) is 2.23. The van der Waals surface area contributed by atoms with Crippen LogP contribution in [0.1, 0.15) is 11.3 Å². The predicted octanol–water partition coefficient (Wildman–Crippen LogP) is 3.30. The summed E-state index contributed by atoms with van der Waals surface area (Å²) in [4.78, 5) is 23.5. The molecule has 0 aliphatic rings. The number of thioether (sulfide) groups is 1. The van der Waals surface area contributed by atoms with Crippen molar-refractivity contribution in [1.29, 1.82) is 0 Å². The fraction of sp³-hybridized carbons (Fsp3) is 0.176. The zero-order valence-corrected chi connectivity index (χ0v) is 16.0. The number of aryl methyl sites for hydroxylation is 1. The number of urea groups is 1. The van der Waals surface area contributed by atoms with Crippen LogP contribution in [0.4, 0.5) is 15.6 Å². The summed E-state index contributed by atoms with van der Waals surface area (Å²) in [6, 6.07) is 10.8. The highest BCUT2D eigenvalue weighted by atomic mass is 32.2. The van der Waals surface area contributed by atoms with Crippen LogP contribution >= 0.6 is 23.1 Å². The number of hydrogen-bond donors (Lipinski definition) is 3. The van der Waals surface area contributed by atoms with Crippen molar-refractivity contribution in [2.45, 2.75) is 17.8 Å². The third kappa shape index (κ3) is 6.12. The fourth-order valence-electron chi connectivity index (χ4n) is 1.99. The molecule has 0 aliphatic heterocycles. The first-order chi connectivity index (χ1) is 13.1. The summed E-state index contributed by atoms with van der Waals surface area (Å²) < 4.78 is 5.73. The molecule has 0 fully saturated rings. The number of benzene rings is 1. The molecule has 0 unspecified atom stereocenters. The van der Waals surface area contributed by atoms with Gasteiger partial charge in [-0.1, -0.05) is 40.8 Å². The number of anilines is 2. The molecular formula is C17H17N5O3S2. The van der Waals surface area contributed by atoms with Crippen LogP contribution in [-0.4, -0.2) is 27.9 Å². The average molecular weight is 403 g/mol. The molecule has 0 saturated heterocycles. The van der Waals surface area contributed by atoms with Gasteiger partial charge in [0.1, 0.15) is 5.76 Å². The molecule has 8 nitrogen and oxygen atoms in total. The molecule has 2 heterocycles. The summed E-state index contributed by atoms with van der Waals surface area (Å²) in [5.74, 6) is 0.252. The number of nitrogens with zero attached hydrogens (tertiary/aromatic N) is 2. The van der Waals surface area contributed by atoms with Crippen molar-refractivity contribution in [1.82, 2.24) is 20.8 Å². The van der Waals surface area contributed by atoms with Crippen LogP contribution < -0.4 is 16.0 Å². The van der Waals surface area contributed by atoms with Gasteiger partial charge in [0, 0.05) is 5.69 Å². The van der Waals surface area contributed by atoms with Crippen LogP contribution in [0.2, 0.25) is 0 Å². The molecule has 27 heavy (non-hydrogen) atoms. The molecule has 140 valence electrons. The Morgan fingerprint density at radius 2 is 2.00 bits per heavy atom. The minimum atomic E-state index is -0.573. The first kappa shape index (κ1) is 18.9. The van der Waals surface area contributed by atoms with Crippen molar-refractivity contribution < 1.29 is 14.0 Å². The summed E-state index contributed by atoms with van der Waals surface area (Å²) >= 11 is 2.55. The molecule has 0 bridgehead atoms. The number of nitrogens with one attached hydrogen (secondary N) is 3. The van der Waals surface area contributed by atoms with Crippen molar-refractivity contribution in [2.24, 2.45) is 0 Å². The molecule has 10 heteroatoms. The van der Waals surface area contributed by atoms with Gasteiger partial charge in [0.05, 0.1) is 18.6 Å². The highest BCUT2D eigenvalue weighted by Gasteiger charge is 2.11. The summed E-state index contributed by atoms with van der Waals surface area (Å²) in [6.07, 6.45) is 1.51. The van der Waals surface area contributed by atoms with Gasteiger partial charge in [0.25, 0.3) is 0 Å². The Balaban J connectivity index is 1.40. The molecule has 0 aliphatic carbocycles. The average Bonchev–Trinajstić information content (AvgIpc) is 3.32. The van der Waals surface area contributed by atoms with Gasteiger partial charge in [-0.15, -0.1) is 10.2 Å². The number of carbonyl (C=O) groups excluding carboxylic acids is 2. The van der Waals surface area contributed by atoms with E-state index in [9.17, 15) is 9.59 Å². The molecule has 0 radical (unpaired) electrons. The molecule has 1 aromatic carbocycles. The Labute approximate surface area is 163 Å². The summed E-state index contributed by atoms with van der Waals surface area (Å²) in [5.41, 5.74) is 2.09. The molecule has 3 rings (SSSR count). The fourth-order valence-corrected chi connectivity index (χ4v) is 3.57. The van der Waals surface area contributed by atoms with Crippen molar-refractivity contribution >= 4 is 45.9 Å². The maximum absolute atomic E-state index is 11.8. The van der Waals surface area contributed by atoms with Crippen molar-refractivity contribution in [3.05, 3.63) is 54.0 Å². The highest BCUT2D eigenvalue weighted by molar-refractivity contribution is 8.01. The number of furan rings is 1. The second-order valence-electron chi connectivity index (χ2n) is 5.46. The van der Waals surface area contributed by atoms with E-state index in [2.05, 4.69) is 26.1 Å². The normalized spacial score (nSPS) is 10.4. The van der Waals surface area contributed by atoms with E-state index in [0.717, 1.165) is 5.69 Å². The van der Waals surface area contributed by atoms with E-state index in [-0.39, 0.29) is 12.3 Å². The van der Waals surface area contributed by atoms with Crippen LogP contribution in [0.5, 0.6) is 0 Å². The largest absolute Gasteiger partial charge is 0.467 e. The lowest BCUT2D eigenvalue weighted by atomic mass is 10.2.